The van der Waals surface area contributed by atoms with Gasteiger partial charge in [0.25, 0.3) is 0 Å². The van der Waals surface area contributed by atoms with Crippen LogP contribution in [0, 0.1) is 0 Å². The van der Waals surface area contributed by atoms with Gasteiger partial charge in [-0.15, -0.1) is 0 Å². The molecule has 36 heavy (non-hydrogen) atoms. The molecule has 1 aliphatic rings. The number of methoxy groups -OCH3 is 1. The topological polar surface area (TPSA) is 82.6 Å². The molecule has 1 amide bonds. The van der Waals surface area contributed by atoms with Crippen molar-refractivity contribution < 1.29 is 19.0 Å². The Balaban J connectivity index is 1.47. The van der Waals surface area contributed by atoms with Gasteiger partial charge in [0, 0.05) is 23.2 Å². The van der Waals surface area contributed by atoms with Gasteiger partial charge in [-0.05, 0) is 49.4 Å². The van der Waals surface area contributed by atoms with Gasteiger partial charge in [0.05, 0.1) is 25.0 Å². The van der Waals surface area contributed by atoms with Crippen molar-refractivity contribution in [3.63, 3.8) is 0 Å². The zero-order valence-corrected chi connectivity index (χ0v) is 20.8. The normalized spacial score (nSPS) is 11.6. The van der Waals surface area contributed by atoms with Crippen molar-refractivity contribution in [1.82, 2.24) is 9.97 Å². The second kappa shape index (κ2) is 10.7. The molecule has 1 N–H and O–H groups in total. The van der Waals surface area contributed by atoms with Gasteiger partial charge in [0.2, 0.25) is 11.8 Å². The molecule has 1 aliphatic heterocycles. The summed E-state index contributed by atoms with van der Waals surface area (Å²) in [7, 11) is 1.62. The minimum absolute atomic E-state index is 0.111. The van der Waals surface area contributed by atoms with Crippen LogP contribution in [-0.2, 0) is 11.2 Å². The Labute approximate surface area is 213 Å². The minimum atomic E-state index is -0.111. The Hall–Kier alpha value is -4.04. The molecule has 8 heteroatoms. The van der Waals surface area contributed by atoms with Gasteiger partial charge in [0.15, 0.2) is 17.3 Å². The van der Waals surface area contributed by atoms with Gasteiger partial charge in [0.1, 0.15) is 10.8 Å². The highest BCUT2D eigenvalue weighted by atomic mass is 32.2. The second-order valence-electron chi connectivity index (χ2n) is 8.02. The third kappa shape index (κ3) is 5.13. The van der Waals surface area contributed by atoms with Crippen molar-refractivity contribution in [2.24, 2.45) is 0 Å². The lowest BCUT2D eigenvalue weighted by Crippen LogP contribution is -2.15. The Kier molecular flexibility index (Phi) is 7.04. The summed E-state index contributed by atoms with van der Waals surface area (Å²) in [5.41, 5.74) is 3.41. The van der Waals surface area contributed by atoms with Crippen LogP contribution in [-0.4, -0.2) is 35.3 Å². The van der Waals surface area contributed by atoms with Crippen molar-refractivity contribution in [3.05, 3.63) is 83.9 Å². The van der Waals surface area contributed by atoms with Crippen LogP contribution in [0.2, 0.25) is 0 Å². The van der Waals surface area contributed by atoms with Gasteiger partial charge in [-0.2, -0.15) is 4.98 Å². The van der Waals surface area contributed by atoms with Crippen molar-refractivity contribution in [2.45, 2.75) is 18.4 Å². The summed E-state index contributed by atoms with van der Waals surface area (Å²) in [6.07, 6.45) is 0.577. The number of para-hydroxylation sites is 2. The van der Waals surface area contributed by atoms with E-state index < -0.39 is 0 Å². The monoisotopic (exact) mass is 499 g/mol. The largest absolute Gasteiger partial charge is 0.494 e. The fourth-order valence-corrected chi connectivity index (χ4v) is 4.74. The molecule has 0 saturated carbocycles. The van der Waals surface area contributed by atoms with E-state index in [0.29, 0.717) is 41.3 Å². The van der Waals surface area contributed by atoms with E-state index in [-0.39, 0.29) is 11.7 Å². The summed E-state index contributed by atoms with van der Waals surface area (Å²) in [6, 6.07) is 22.8. The molecule has 5 rings (SSSR count). The zero-order chi connectivity index (χ0) is 24.9. The number of thioether (sulfide) groups is 1. The number of carbonyl (C=O) groups excluding carboxylic acids is 1. The highest BCUT2D eigenvalue weighted by Crippen LogP contribution is 2.44. The highest BCUT2D eigenvalue weighted by molar-refractivity contribution is 8.00. The summed E-state index contributed by atoms with van der Waals surface area (Å²) < 4.78 is 17.3. The van der Waals surface area contributed by atoms with Gasteiger partial charge in [-0.1, -0.05) is 42.1 Å². The van der Waals surface area contributed by atoms with Gasteiger partial charge < -0.3 is 19.5 Å². The molecule has 0 saturated heterocycles. The predicted octanol–water partition coefficient (Wildman–Crippen LogP) is 5.98. The van der Waals surface area contributed by atoms with Crippen LogP contribution in [0.15, 0.2) is 77.8 Å². The lowest BCUT2D eigenvalue weighted by molar-refractivity contribution is -0.113. The molecule has 0 aliphatic carbocycles. The van der Waals surface area contributed by atoms with Crippen molar-refractivity contribution in [2.75, 3.05) is 24.8 Å². The molecular formula is C28H25N3O4S. The predicted molar refractivity (Wildman–Crippen MR) is 140 cm³/mol. The average molecular weight is 500 g/mol. The number of nitrogens with zero attached hydrogens (tertiary/aromatic N) is 2. The van der Waals surface area contributed by atoms with E-state index in [0.717, 1.165) is 28.1 Å². The summed E-state index contributed by atoms with van der Waals surface area (Å²) >= 11 is 1.37. The fraction of sp³-hybridized carbons (Fsp3) is 0.179. The van der Waals surface area contributed by atoms with Crippen molar-refractivity contribution in [1.29, 1.82) is 0 Å². The molecule has 0 spiro atoms. The zero-order valence-electron chi connectivity index (χ0n) is 20.0. The molecule has 0 radical (unpaired) electrons. The van der Waals surface area contributed by atoms with E-state index >= 15 is 0 Å². The number of anilines is 1. The Morgan fingerprint density at radius 1 is 1.03 bits per heavy atom. The first-order chi connectivity index (χ1) is 17.6. The first-order valence-corrected chi connectivity index (χ1v) is 12.6. The summed E-state index contributed by atoms with van der Waals surface area (Å²) in [5, 5.41) is 3.63. The third-order valence-corrected chi connectivity index (χ3v) is 6.62. The van der Waals surface area contributed by atoms with Gasteiger partial charge in [-0.3, -0.25) is 4.79 Å². The van der Waals surface area contributed by atoms with E-state index in [4.69, 9.17) is 24.2 Å². The number of hydrogen-bond donors (Lipinski definition) is 1. The molecule has 1 aromatic heterocycles. The molecule has 182 valence electrons. The second-order valence-corrected chi connectivity index (χ2v) is 8.99. The van der Waals surface area contributed by atoms with E-state index in [1.165, 1.54) is 11.8 Å². The Morgan fingerprint density at radius 2 is 1.83 bits per heavy atom. The number of fused-ring (bicyclic) bond motifs is 2. The summed E-state index contributed by atoms with van der Waals surface area (Å²) in [4.78, 5) is 22.2. The highest BCUT2D eigenvalue weighted by Gasteiger charge is 2.26. The summed E-state index contributed by atoms with van der Waals surface area (Å²) in [5.74, 6) is 3.16. The van der Waals surface area contributed by atoms with Crippen molar-refractivity contribution in [3.8, 4) is 34.5 Å². The van der Waals surface area contributed by atoms with Crippen molar-refractivity contribution >= 4 is 23.4 Å². The number of nitrogens with one attached hydrogen (secondary N) is 1. The quantitative estimate of drug-likeness (QED) is 0.208. The lowest BCUT2D eigenvalue weighted by Gasteiger charge is -2.23. The van der Waals surface area contributed by atoms with E-state index in [2.05, 4.69) is 5.32 Å². The number of aromatic nitrogens is 2. The van der Waals surface area contributed by atoms with Crippen LogP contribution >= 0.6 is 11.8 Å². The molecule has 2 heterocycles. The number of carbonyl (C=O) groups is 1. The van der Waals surface area contributed by atoms with Gasteiger partial charge >= 0.3 is 0 Å². The maximum Gasteiger partial charge on any atom is 0.234 e. The Bertz CT molecular complexity index is 1380. The van der Waals surface area contributed by atoms with E-state index in [1.807, 2.05) is 79.7 Å². The molecule has 0 fully saturated rings. The maximum atomic E-state index is 12.7. The lowest BCUT2D eigenvalue weighted by atomic mass is 10.0. The first kappa shape index (κ1) is 23.7. The maximum absolute atomic E-state index is 12.7. The van der Waals surface area contributed by atoms with Crippen LogP contribution in [0.3, 0.4) is 0 Å². The van der Waals surface area contributed by atoms with Crippen LogP contribution in [0.5, 0.6) is 23.1 Å². The van der Waals surface area contributed by atoms with Crippen LogP contribution in [0.25, 0.3) is 11.4 Å². The van der Waals surface area contributed by atoms with Crippen LogP contribution in [0.1, 0.15) is 18.1 Å². The van der Waals surface area contributed by atoms with Crippen LogP contribution in [0.4, 0.5) is 5.69 Å². The Morgan fingerprint density at radius 3 is 2.58 bits per heavy atom. The molecule has 0 unspecified atom stereocenters. The van der Waals surface area contributed by atoms with Crippen LogP contribution < -0.4 is 19.5 Å². The van der Waals surface area contributed by atoms with Gasteiger partial charge in [-0.25, -0.2) is 4.98 Å². The molecular weight excluding hydrogens is 474 g/mol. The SMILES string of the molecule is CCOc1ccc(-c2nc3c(c(SCC(=O)Nc4ccccc4)n2)Cc2cccc(OC)c2O3)cc1. The number of benzene rings is 3. The molecule has 7 nitrogen and oxygen atoms in total. The summed E-state index contributed by atoms with van der Waals surface area (Å²) in [6.45, 7) is 2.54. The molecule has 0 bridgehead atoms. The van der Waals surface area contributed by atoms with E-state index in [1.54, 1.807) is 7.11 Å². The minimum Gasteiger partial charge on any atom is -0.494 e. The van der Waals surface area contributed by atoms with E-state index in [9.17, 15) is 4.79 Å². The first-order valence-electron chi connectivity index (χ1n) is 11.6. The number of rotatable bonds is 8. The third-order valence-electron chi connectivity index (χ3n) is 5.60. The fourth-order valence-electron chi connectivity index (χ4n) is 3.91. The average Bonchev–Trinajstić information content (AvgIpc) is 2.91. The standard InChI is InChI=1S/C28H25N3O4S/c1-3-34-21-14-12-18(13-15-21)26-30-27-22(16-19-8-7-11-23(33-2)25(19)35-27)28(31-26)36-17-24(32)29-20-9-5-4-6-10-20/h4-15H,3,16-17H2,1-2H3,(H,29,32). The number of amides is 1. The number of ether oxygens (including phenoxy) is 3. The smallest absolute Gasteiger partial charge is 0.234 e. The molecule has 3 aromatic carbocycles. The molecule has 4 aromatic rings. The molecule has 0 atom stereocenters. The number of hydrogen-bond acceptors (Lipinski definition) is 7.